The van der Waals surface area contributed by atoms with Gasteiger partial charge in [0.25, 0.3) is 0 Å². The number of hydrogen-bond donors (Lipinski definition) is 2. The van der Waals surface area contributed by atoms with Gasteiger partial charge in [0.1, 0.15) is 5.82 Å². The van der Waals surface area contributed by atoms with Crippen molar-refractivity contribution in [3.63, 3.8) is 0 Å². The molecule has 0 saturated heterocycles. The number of amides is 1. The van der Waals surface area contributed by atoms with Gasteiger partial charge >= 0.3 is 0 Å². The Bertz CT molecular complexity index is 415. The molecule has 0 unspecified atom stereocenters. The van der Waals surface area contributed by atoms with Crippen molar-refractivity contribution < 1.29 is 9.18 Å². The molecule has 0 fully saturated rings. The van der Waals surface area contributed by atoms with E-state index in [1.54, 1.807) is 6.07 Å². The molecular formula is C12H16BrFN2O. The first kappa shape index (κ1) is 14.1. The lowest BCUT2D eigenvalue weighted by molar-refractivity contribution is -0.116. The van der Waals surface area contributed by atoms with Gasteiger partial charge in [0.15, 0.2) is 0 Å². The van der Waals surface area contributed by atoms with Crippen molar-refractivity contribution in [1.29, 1.82) is 0 Å². The zero-order valence-electron chi connectivity index (χ0n) is 9.89. The van der Waals surface area contributed by atoms with E-state index in [0.717, 1.165) is 0 Å². The molecular weight excluding hydrogens is 287 g/mol. The lowest BCUT2D eigenvalue weighted by Crippen LogP contribution is -2.33. The van der Waals surface area contributed by atoms with Crippen LogP contribution in [0.25, 0.3) is 0 Å². The second-order valence-corrected chi connectivity index (χ2v) is 5.58. The number of benzene rings is 1. The molecule has 1 amide bonds. The largest absolute Gasteiger partial charge is 0.326 e. The van der Waals surface area contributed by atoms with E-state index in [1.165, 1.54) is 12.1 Å². The first-order valence-corrected chi connectivity index (χ1v) is 6.11. The van der Waals surface area contributed by atoms with Gasteiger partial charge in [0.2, 0.25) is 5.91 Å². The fourth-order valence-corrected chi connectivity index (χ4v) is 1.60. The number of rotatable bonds is 4. The van der Waals surface area contributed by atoms with Gasteiger partial charge in [-0.1, -0.05) is 15.9 Å². The molecule has 94 valence electrons. The maximum atomic E-state index is 13.3. The minimum absolute atomic E-state index is 0.180. The summed E-state index contributed by atoms with van der Waals surface area (Å²) in [5.41, 5.74) is 5.55. The summed E-state index contributed by atoms with van der Waals surface area (Å²) in [7, 11) is 0. The molecule has 3 N–H and O–H groups in total. The molecule has 17 heavy (non-hydrogen) atoms. The van der Waals surface area contributed by atoms with Gasteiger partial charge in [-0.2, -0.15) is 0 Å². The normalized spacial score (nSPS) is 11.4. The van der Waals surface area contributed by atoms with Crippen LogP contribution >= 0.6 is 15.9 Å². The Kier molecular flexibility index (Phi) is 4.65. The molecule has 0 atom stereocenters. The predicted molar refractivity (Wildman–Crippen MR) is 70.2 cm³/mol. The molecule has 1 rings (SSSR count). The number of anilines is 1. The molecule has 0 saturated carbocycles. The van der Waals surface area contributed by atoms with Crippen molar-refractivity contribution in [3.05, 3.63) is 28.5 Å². The van der Waals surface area contributed by atoms with Gasteiger partial charge in [0.05, 0.1) is 5.69 Å². The standard InChI is InChI=1S/C12H16BrFN2O/c1-12(2,15)6-5-11(17)16-10-7-8(13)3-4-9(10)14/h3-4,7H,5-6,15H2,1-2H3,(H,16,17). The molecule has 0 radical (unpaired) electrons. The van der Waals surface area contributed by atoms with Crippen LogP contribution in [0.2, 0.25) is 0 Å². The van der Waals surface area contributed by atoms with Gasteiger partial charge in [0, 0.05) is 16.4 Å². The summed E-state index contributed by atoms with van der Waals surface area (Å²) in [6.45, 7) is 3.69. The average molecular weight is 303 g/mol. The van der Waals surface area contributed by atoms with Crippen LogP contribution in [0.1, 0.15) is 26.7 Å². The predicted octanol–water partition coefficient (Wildman–Crippen LogP) is 3.04. The number of nitrogens with two attached hydrogens (primary N) is 1. The molecule has 0 bridgehead atoms. The summed E-state index contributed by atoms with van der Waals surface area (Å²) < 4.78 is 14.1. The topological polar surface area (TPSA) is 55.1 Å². The Balaban J connectivity index is 2.59. The van der Waals surface area contributed by atoms with Crippen LogP contribution in [-0.4, -0.2) is 11.4 Å². The summed E-state index contributed by atoms with van der Waals surface area (Å²) >= 11 is 3.22. The molecule has 0 aliphatic heterocycles. The zero-order valence-corrected chi connectivity index (χ0v) is 11.5. The van der Waals surface area contributed by atoms with Crippen molar-refractivity contribution in [2.75, 3.05) is 5.32 Å². The molecule has 3 nitrogen and oxygen atoms in total. The van der Waals surface area contributed by atoms with Crippen LogP contribution in [0, 0.1) is 5.82 Å². The SMILES string of the molecule is CC(C)(N)CCC(=O)Nc1cc(Br)ccc1F. The van der Waals surface area contributed by atoms with E-state index in [0.29, 0.717) is 10.9 Å². The Labute approximate surface area is 109 Å². The molecule has 0 spiro atoms. The lowest BCUT2D eigenvalue weighted by Gasteiger charge is -2.17. The van der Waals surface area contributed by atoms with Crippen LogP contribution < -0.4 is 11.1 Å². The third kappa shape index (κ3) is 5.28. The zero-order chi connectivity index (χ0) is 13.1. The van der Waals surface area contributed by atoms with Crippen molar-refractivity contribution in [1.82, 2.24) is 0 Å². The third-order valence-electron chi connectivity index (χ3n) is 2.20. The van der Waals surface area contributed by atoms with Crippen LogP contribution in [0.3, 0.4) is 0 Å². The first-order chi connectivity index (χ1) is 7.78. The van der Waals surface area contributed by atoms with E-state index in [2.05, 4.69) is 21.2 Å². The Morgan fingerprint density at radius 3 is 2.76 bits per heavy atom. The molecule has 0 aliphatic carbocycles. The second-order valence-electron chi connectivity index (χ2n) is 4.66. The minimum Gasteiger partial charge on any atom is -0.326 e. The van der Waals surface area contributed by atoms with Gasteiger partial charge in [-0.25, -0.2) is 4.39 Å². The average Bonchev–Trinajstić information content (AvgIpc) is 2.20. The van der Waals surface area contributed by atoms with Crippen LogP contribution in [-0.2, 0) is 4.79 Å². The summed E-state index contributed by atoms with van der Waals surface area (Å²) in [4.78, 5) is 11.6. The van der Waals surface area contributed by atoms with E-state index >= 15 is 0 Å². The van der Waals surface area contributed by atoms with Crippen LogP contribution in [0.5, 0.6) is 0 Å². The number of carbonyl (C=O) groups excluding carboxylic acids is 1. The van der Waals surface area contributed by atoms with Gasteiger partial charge in [-0.15, -0.1) is 0 Å². The van der Waals surface area contributed by atoms with E-state index < -0.39 is 11.4 Å². The highest BCUT2D eigenvalue weighted by atomic mass is 79.9. The highest BCUT2D eigenvalue weighted by Crippen LogP contribution is 2.20. The van der Waals surface area contributed by atoms with Gasteiger partial charge in [-0.3, -0.25) is 4.79 Å². The lowest BCUT2D eigenvalue weighted by atomic mass is 10.00. The van der Waals surface area contributed by atoms with Crippen molar-refractivity contribution in [3.8, 4) is 0 Å². The number of carbonyl (C=O) groups is 1. The summed E-state index contributed by atoms with van der Waals surface area (Å²) in [5, 5.41) is 2.52. The maximum Gasteiger partial charge on any atom is 0.224 e. The molecule has 0 aliphatic rings. The monoisotopic (exact) mass is 302 g/mol. The molecule has 1 aromatic rings. The summed E-state index contributed by atoms with van der Waals surface area (Å²) in [6.07, 6.45) is 0.823. The van der Waals surface area contributed by atoms with Crippen molar-refractivity contribution in [2.24, 2.45) is 5.73 Å². The summed E-state index contributed by atoms with van der Waals surface area (Å²) in [5.74, 6) is -0.686. The Morgan fingerprint density at radius 1 is 1.53 bits per heavy atom. The minimum atomic E-state index is -0.450. The fourth-order valence-electron chi connectivity index (χ4n) is 1.24. The number of nitrogens with one attached hydrogen (secondary N) is 1. The highest BCUT2D eigenvalue weighted by Gasteiger charge is 2.14. The second kappa shape index (κ2) is 5.60. The molecule has 1 aromatic carbocycles. The van der Waals surface area contributed by atoms with Crippen molar-refractivity contribution >= 4 is 27.5 Å². The van der Waals surface area contributed by atoms with Crippen LogP contribution in [0.15, 0.2) is 22.7 Å². The molecule has 0 aromatic heterocycles. The Morgan fingerprint density at radius 2 is 2.18 bits per heavy atom. The van der Waals surface area contributed by atoms with Crippen LogP contribution in [0.4, 0.5) is 10.1 Å². The number of hydrogen-bond acceptors (Lipinski definition) is 2. The highest BCUT2D eigenvalue weighted by molar-refractivity contribution is 9.10. The van der Waals surface area contributed by atoms with Gasteiger partial charge < -0.3 is 11.1 Å². The quantitative estimate of drug-likeness (QED) is 0.898. The van der Waals surface area contributed by atoms with E-state index in [4.69, 9.17) is 5.73 Å². The third-order valence-corrected chi connectivity index (χ3v) is 2.69. The fraction of sp³-hybridized carbons (Fsp3) is 0.417. The van der Waals surface area contributed by atoms with E-state index in [1.807, 2.05) is 13.8 Å². The van der Waals surface area contributed by atoms with E-state index in [9.17, 15) is 9.18 Å². The maximum absolute atomic E-state index is 13.3. The molecule has 5 heteroatoms. The molecule has 0 heterocycles. The van der Waals surface area contributed by atoms with E-state index in [-0.39, 0.29) is 18.0 Å². The number of halogens is 2. The van der Waals surface area contributed by atoms with Crippen molar-refractivity contribution in [2.45, 2.75) is 32.2 Å². The smallest absolute Gasteiger partial charge is 0.224 e. The Hall–Kier alpha value is -0.940. The summed E-state index contributed by atoms with van der Waals surface area (Å²) in [6, 6.07) is 4.40. The first-order valence-electron chi connectivity index (χ1n) is 5.32. The van der Waals surface area contributed by atoms with Gasteiger partial charge in [-0.05, 0) is 38.5 Å².